The Bertz CT molecular complexity index is 1070. The van der Waals surface area contributed by atoms with Crippen LogP contribution in [0.5, 0.6) is 11.5 Å². The number of likely N-dealkylation sites (N-methyl/N-ethyl adjacent to an activating group) is 1. The number of nitrogens with zero attached hydrogens (tertiary/aromatic N) is 3. The van der Waals surface area contributed by atoms with Crippen LogP contribution in [0.25, 0.3) is 0 Å². The van der Waals surface area contributed by atoms with Gasteiger partial charge in [0.15, 0.2) is 16.7 Å². The average molecular weight is 426 g/mol. The number of para-hydroxylation sites is 1. The third kappa shape index (κ3) is 3.16. The van der Waals surface area contributed by atoms with Crippen LogP contribution in [0, 0.1) is 0 Å². The Labute approximate surface area is 177 Å². The van der Waals surface area contributed by atoms with Crippen molar-refractivity contribution in [3.63, 3.8) is 0 Å². The van der Waals surface area contributed by atoms with E-state index in [0.717, 1.165) is 27.0 Å². The summed E-state index contributed by atoms with van der Waals surface area (Å²) in [6, 6.07) is 13.8. The van der Waals surface area contributed by atoms with Gasteiger partial charge in [-0.25, -0.2) is 4.99 Å². The lowest BCUT2D eigenvalue weighted by molar-refractivity contribution is -0.122. The first-order valence-electron chi connectivity index (χ1n) is 9.38. The molecule has 0 atom stereocenters. The molecule has 1 amide bonds. The summed E-state index contributed by atoms with van der Waals surface area (Å²) in [6.45, 7) is 3.61. The van der Waals surface area contributed by atoms with E-state index < -0.39 is 0 Å². The van der Waals surface area contributed by atoms with E-state index in [1.165, 1.54) is 11.8 Å². The number of hydrogen-bond acceptors (Lipinski definition) is 7. The number of aliphatic imine (C=N–C) groups is 1. The van der Waals surface area contributed by atoms with Crippen molar-refractivity contribution in [1.82, 2.24) is 4.90 Å². The molecule has 29 heavy (non-hydrogen) atoms. The van der Waals surface area contributed by atoms with Gasteiger partial charge >= 0.3 is 0 Å². The van der Waals surface area contributed by atoms with Gasteiger partial charge in [-0.15, -0.1) is 0 Å². The van der Waals surface area contributed by atoms with Gasteiger partial charge in [0.05, 0.1) is 16.4 Å². The summed E-state index contributed by atoms with van der Waals surface area (Å²) in [5, 5.41) is 1.63. The van der Waals surface area contributed by atoms with Crippen LogP contribution < -0.4 is 14.4 Å². The highest BCUT2D eigenvalue weighted by atomic mass is 32.2. The van der Waals surface area contributed by atoms with Gasteiger partial charge in [0, 0.05) is 24.6 Å². The molecular formula is C21H19N3O3S2. The minimum atomic E-state index is -0.00375. The molecule has 0 saturated carbocycles. The van der Waals surface area contributed by atoms with Gasteiger partial charge < -0.3 is 14.4 Å². The molecule has 0 aliphatic carbocycles. The number of carbonyl (C=O) groups excluding carboxylic acids is 1. The van der Waals surface area contributed by atoms with Crippen molar-refractivity contribution >= 4 is 46.0 Å². The third-order valence-electron chi connectivity index (χ3n) is 4.86. The van der Waals surface area contributed by atoms with Crippen LogP contribution in [-0.2, 0) is 4.79 Å². The van der Waals surface area contributed by atoms with E-state index in [1.54, 1.807) is 16.7 Å². The highest BCUT2D eigenvalue weighted by molar-refractivity contribution is 8.19. The largest absolute Gasteiger partial charge is 0.486 e. The number of benzene rings is 2. The number of ether oxygens (including phenoxy) is 2. The fourth-order valence-electron chi connectivity index (χ4n) is 3.41. The van der Waals surface area contributed by atoms with Crippen LogP contribution in [0.1, 0.15) is 6.92 Å². The molecular weight excluding hydrogens is 406 g/mol. The number of thioether (sulfide) groups is 2. The van der Waals surface area contributed by atoms with Gasteiger partial charge in [-0.2, -0.15) is 0 Å². The number of fused-ring (bicyclic) bond motifs is 2. The van der Waals surface area contributed by atoms with Gasteiger partial charge in [0.25, 0.3) is 5.91 Å². The van der Waals surface area contributed by atoms with Gasteiger partial charge in [0.1, 0.15) is 18.1 Å². The molecule has 5 rings (SSSR count). The van der Waals surface area contributed by atoms with Crippen molar-refractivity contribution in [2.75, 3.05) is 31.7 Å². The predicted molar refractivity (Wildman–Crippen MR) is 117 cm³/mol. The van der Waals surface area contributed by atoms with Crippen molar-refractivity contribution in [2.45, 2.75) is 11.8 Å². The second-order valence-electron chi connectivity index (χ2n) is 6.64. The van der Waals surface area contributed by atoms with E-state index in [-0.39, 0.29) is 5.91 Å². The minimum Gasteiger partial charge on any atom is -0.486 e. The Hall–Kier alpha value is -2.58. The summed E-state index contributed by atoms with van der Waals surface area (Å²) < 4.78 is 11.2. The lowest BCUT2D eigenvalue weighted by Gasteiger charge is -2.18. The second-order valence-corrected chi connectivity index (χ2v) is 8.65. The number of rotatable bonds is 2. The molecule has 148 valence electrons. The monoisotopic (exact) mass is 425 g/mol. The molecule has 0 radical (unpaired) electrons. The molecule has 3 aliphatic heterocycles. The summed E-state index contributed by atoms with van der Waals surface area (Å²) in [6.07, 6.45) is 0. The number of amidine groups is 1. The zero-order chi connectivity index (χ0) is 20.0. The van der Waals surface area contributed by atoms with E-state index in [1.807, 2.05) is 44.3 Å². The molecule has 3 aliphatic rings. The molecule has 1 fully saturated rings. The molecule has 2 aromatic rings. The first kappa shape index (κ1) is 18.4. The molecule has 0 bridgehead atoms. The predicted octanol–water partition coefficient (Wildman–Crippen LogP) is 4.45. The average Bonchev–Trinajstić information content (AvgIpc) is 3.24. The van der Waals surface area contributed by atoms with Crippen molar-refractivity contribution in [1.29, 1.82) is 0 Å². The van der Waals surface area contributed by atoms with E-state index in [0.29, 0.717) is 35.6 Å². The molecule has 2 aromatic carbocycles. The third-order valence-corrected chi connectivity index (χ3v) is 7.29. The molecule has 0 aromatic heterocycles. The first-order valence-corrected chi connectivity index (χ1v) is 11.0. The number of anilines is 1. The summed E-state index contributed by atoms with van der Waals surface area (Å²) >= 11 is 3.06. The van der Waals surface area contributed by atoms with Crippen LogP contribution in [0.3, 0.4) is 0 Å². The van der Waals surface area contributed by atoms with Crippen molar-refractivity contribution < 1.29 is 14.3 Å². The summed E-state index contributed by atoms with van der Waals surface area (Å²) in [5.41, 5.74) is 1.86. The van der Waals surface area contributed by atoms with E-state index in [4.69, 9.17) is 14.5 Å². The summed E-state index contributed by atoms with van der Waals surface area (Å²) in [7, 11) is 2.00. The molecule has 0 spiro atoms. The van der Waals surface area contributed by atoms with Crippen molar-refractivity contribution in [3.05, 3.63) is 52.4 Å². The standard InChI is InChI=1S/C21H19N3O3S2/c1-3-24-19(25)18(20-23(2)14-6-4-5-7-17(14)28-20)29-21(24)22-13-8-9-15-16(12-13)27-11-10-26-15/h4-9,12H,3,10-11H2,1-2H3. The number of amides is 1. The van der Waals surface area contributed by atoms with Gasteiger partial charge in [-0.05, 0) is 43.0 Å². The molecule has 1 saturated heterocycles. The molecule has 0 N–H and O–H groups in total. The lowest BCUT2D eigenvalue weighted by atomic mass is 10.2. The maximum absolute atomic E-state index is 13.1. The number of hydrogen-bond donors (Lipinski definition) is 0. The first-order chi connectivity index (χ1) is 14.2. The Kier molecular flexibility index (Phi) is 4.67. The lowest BCUT2D eigenvalue weighted by Crippen LogP contribution is -2.29. The Balaban J connectivity index is 1.50. The van der Waals surface area contributed by atoms with Crippen LogP contribution in [0.4, 0.5) is 11.4 Å². The zero-order valence-corrected chi connectivity index (χ0v) is 17.7. The Morgan fingerprint density at radius 2 is 1.86 bits per heavy atom. The summed E-state index contributed by atoms with van der Waals surface area (Å²) in [5.74, 6) is 1.42. The maximum Gasteiger partial charge on any atom is 0.269 e. The molecule has 6 nitrogen and oxygen atoms in total. The highest BCUT2D eigenvalue weighted by Crippen LogP contribution is 2.50. The van der Waals surface area contributed by atoms with Gasteiger partial charge in [-0.3, -0.25) is 9.69 Å². The van der Waals surface area contributed by atoms with Crippen LogP contribution >= 0.6 is 23.5 Å². The Morgan fingerprint density at radius 1 is 1.07 bits per heavy atom. The topological polar surface area (TPSA) is 54.4 Å². The molecule has 3 heterocycles. The Morgan fingerprint density at radius 3 is 2.66 bits per heavy atom. The van der Waals surface area contributed by atoms with Crippen LogP contribution in [0.15, 0.2) is 62.3 Å². The maximum atomic E-state index is 13.1. The van der Waals surface area contributed by atoms with Gasteiger partial charge in [0.2, 0.25) is 0 Å². The van der Waals surface area contributed by atoms with E-state index >= 15 is 0 Å². The van der Waals surface area contributed by atoms with Crippen molar-refractivity contribution in [2.24, 2.45) is 4.99 Å². The fraction of sp³-hybridized carbons (Fsp3) is 0.238. The van der Waals surface area contributed by atoms with E-state index in [2.05, 4.69) is 17.0 Å². The fourth-order valence-corrected chi connectivity index (χ4v) is 5.82. The smallest absolute Gasteiger partial charge is 0.269 e. The van der Waals surface area contributed by atoms with Crippen LogP contribution in [0.2, 0.25) is 0 Å². The zero-order valence-electron chi connectivity index (χ0n) is 16.0. The SMILES string of the molecule is CCN1C(=O)C(=C2Sc3ccccc3N2C)SC1=Nc1ccc2c(c1)OCCO2. The summed E-state index contributed by atoms with van der Waals surface area (Å²) in [4.78, 5) is 23.6. The van der Waals surface area contributed by atoms with Crippen LogP contribution in [-0.4, -0.2) is 42.8 Å². The van der Waals surface area contributed by atoms with Gasteiger partial charge in [-0.1, -0.05) is 23.9 Å². The number of carbonyl (C=O) groups is 1. The van der Waals surface area contributed by atoms with Crippen molar-refractivity contribution in [3.8, 4) is 11.5 Å². The molecule has 8 heteroatoms. The van der Waals surface area contributed by atoms with E-state index in [9.17, 15) is 4.79 Å². The highest BCUT2D eigenvalue weighted by Gasteiger charge is 2.38. The molecule has 0 unspecified atom stereocenters. The minimum absolute atomic E-state index is 0.00375. The normalized spacial score (nSPS) is 21.9. The second kappa shape index (κ2) is 7.35. The quantitative estimate of drug-likeness (QED) is 0.663.